The third kappa shape index (κ3) is 3.69. The highest BCUT2D eigenvalue weighted by molar-refractivity contribution is 5.80. The van der Waals surface area contributed by atoms with E-state index in [1.54, 1.807) is 11.1 Å². The van der Waals surface area contributed by atoms with Crippen LogP contribution < -0.4 is 4.90 Å². The van der Waals surface area contributed by atoms with Gasteiger partial charge in [0, 0.05) is 17.1 Å². The third-order valence-corrected chi connectivity index (χ3v) is 8.90. The highest BCUT2D eigenvalue weighted by Crippen LogP contribution is 2.56. The molecule has 0 heterocycles. The Morgan fingerprint density at radius 3 is 1.69 bits per heavy atom. The van der Waals surface area contributed by atoms with Crippen molar-refractivity contribution in [1.82, 2.24) is 0 Å². The molecule has 4 aromatic rings. The molecule has 2 atom stereocenters. The fraction of sp³-hybridized carbons (Fsp3) is 0.294. The number of anilines is 3. The molecule has 35 heavy (non-hydrogen) atoms. The number of hydrogen-bond donors (Lipinski definition) is 0. The minimum atomic E-state index is 0.785. The quantitative estimate of drug-likeness (QED) is 0.296. The number of benzene rings is 4. The Morgan fingerprint density at radius 1 is 0.543 bits per heavy atom. The Hall–Kier alpha value is -3.32. The first-order valence-electron chi connectivity index (χ1n) is 13.4. The summed E-state index contributed by atoms with van der Waals surface area (Å²) in [6.07, 6.45) is 7.20. The molecule has 2 saturated carbocycles. The number of aryl methyl sites for hydroxylation is 1. The zero-order valence-corrected chi connectivity index (χ0v) is 20.5. The van der Waals surface area contributed by atoms with Crippen molar-refractivity contribution in [3.05, 3.63) is 114 Å². The second kappa shape index (κ2) is 8.41. The van der Waals surface area contributed by atoms with Gasteiger partial charge in [-0.05, 0) is 127 Å². The second-order valence-corrected chi connectivity index (χ2v) is 11.2. The van der Waals surface area contributed by atoms with Gasteiger partial charge in [-0.3, -0.25) is 0 Å². The van der Waals surface area contributed by atoms with Crippen LogP contribution in [0.1, 0.15) is 60.6 Å². The van der Waals surface area contributed by atoms with E-state index in [1.807, 2.05) is 0 Å². The molecule has 0 spiro atoms. The molecule has 0 aliphatic heterocycles. The van der Waals surface area contributed by atoms with Crippen molar-refractivity contribution >= 4 is 17.1 Å². The monoisotopic (exact) mass is 455 g/mol. The van der Waals surface area contributed by atoms with Gasteiger partial charge >= 0.3 is 0 Å². The van der Waals surface area contributed by atoms with Gasteiger partial charge in [0.2, 0.25) is 0 Å². The van der Waals surface area contributed by atoms with Crippen molar-refractivity contribution in [2.75, 3.05) is 4.90 Å². The molecule has 1 heteroatoms. The molecule has 4 bridgehead atoms. The Morgan fingerprint density at radius 2 is 1.09 bits per heavy atom. The average Bonchev–Trinajstić information content (AvgIpc) is 3.06. The maximum absolute atomic E-state index is 2.56. The minimum absolute atomic E-state index is 0.785. The van der Waals surface area contributed by atoms with Gasteiger partial charge in [-0.15, -0.1) is 0 Å². The first kappa shape index (κ1) is 21.0. The van der Waals surface area contributed by atoms with Gasteiger partial charge in [0.1, 0.15) is 0 Å². The van der Waals surface area contributed by atoms with Gasteiger partial charge < -0.3 is 4.90 Å². The lowest BCUT2D eigenvalue weighted by Gasteiger charge is -2.38. The van der Waals surface area contributed by atoms with Crippen LogP contribution in [0.4, 0.5) is 17.1 Å². The normalized spacial score (nSPS) is 24.1. The summed E-state index contributed by atoms with van der Waals surface area (Å²) in [4.78, 5) is 2.37. The van der Waals surface area contributed by atoms with Gasteiger partial charge in [0.15, 0.2) is 0 Å². The molecule has 4 aromatic carbocycles. The molecular formula is C34H33N. The molecule has 2 fully saturated rings. The van der Waals surface area contributed by atoms with Crippen molar-refractivity contribution in [2.45, 2.75) is 50.9 Å². The first-order chi connectivity index (χ1) is 17.2. The van der Waals surface area contributed by atoms with Gasteiger partial charge in [-0.2, -0.15) is 0 Å². The number of hydrogen-bond acceptors (Lipinski definition) is 1. The first-order valence-corrected chi connectivity index (χ1v) is 13.4. The SMILES string of the molecule is Cc1cc(-c2ccc3c(c2)C2CC4CC(CC3C4)C2)ccc1N(c1ccccc1)c1ccccc1. The van der Waals surface area contributed by atoms with Crippen LogP contribution in [0.3, 0.4) is 0 Å². The fourth-order valence-corrected chi connectivity index (χ4v) is 7.51. The molecule has 4 aliphatic rings. The summed E-state index contributed by atoms with van der Waals surface area (Å²) in [6, 6.07) is 35.8. The van der Waals surface area contributed by atoms with Gasteiger partial charge in [0.05, 0.1) is 0 Å². The minimum Gasteiger partial charge on any atom is -0.310 e. The largest absolute Gasteiger partial charge is 0.310 e. The summed E-state index contributed by atoms with van der Waals surface area (Å²) < 4.78 is 0. The molecule has 4 aliphatic carbocycles. The van der Waals surface area contributed by atoms with E-state index in [-0.39, 0.29) is 0 Å². The molecule has 0 radical (unpaired) electrons. The Balaban J connectivity index is 1.28. The summed E-state index contributed by atoms with van der Waals surface area (Å²) in [5, 5.41) is 0. The maximum Gasteiger partial charge on any atom is 0.0491 e. The van der Waals surface area contributed by atoms with E-state index >= 15 is 0 Å². The van der Waals surface area contributed by atoms with Crippen LogP contribution in [0, 0.1) is 18.8 Å². The Bertz CT molecular complexity index is 1300. The van der Waals surface area contributed by atoms with E-state index in [4.69, 9.17) is 0 Å². The number of para-hydroxylation sites is 2. The van der Waals surface area contributed by atoms with Crippen LogP contribution in [0.5, 0.6) is 0 Å². The van der Waals surface area contributed by atoms with Crippen LogP contribution in [0.2, 0.25) is 0 Å². The molecule has 0 amide bonds. The van der Waals surface area contributed by atoms with Crippen molar-refractivity contribution in [3.63, 3.8) is 0 Å². The smallest absolute Gasteiger partial charge is 0.0491 e. The molecule has 0 N–H and O–H groups in total. The number of rotatable bonds is 4. The van der Waals surface area contributed by atoms with E-state index in [9.17, 15) is 0 Å². The molecule has 1 nitrogen and oxygen atoms in total. The predicted octanol–water partition coefficient (Wildman–Crippen LogP) is 9.52. The van der Waals surface area contributed by atoms with Gasteiger partial charge in [0.25, 0.3) is 0 Å². The standard InChI is InChI=1S/C34H33N/c1-23-16-26(13-15-34(23)35(30-8-4-2-5-9-30)31-10-6-3-7-11-31)27-12-14-32-28-18-24-17-25(19-28)21-29(20-24)33(32)22-27/h2-16,22,24-25,28-29H,17-21H2,1H3. The van der Waals surface area contributed by atoms with E-state index in [0.29, 0.717) is 0 Å². The van der Waals surface area contributed by atoms with E-state index in [2.05, 4.69) is 109 Å². The van der Waals surface area contributed by atoms with E-state index in [1.165, 1.54) is 65.9 Å². The molecule has 2 unspecified atom stereocenters. The van der Waals surface area contributed by atoms with Gasteiger partial charge in [-0.25, -0.2) is 0 Å². The van der Waals surface area contributed by atoms with Crippen molar-refractivity contribution in [2.24, 2.45) is 11.8 Å². The Labute approximate surface area is 209 Å². The van der Waals surface area contributed by atoms with Gasteiger partial charge in [-0.1, -0.05) is 60.7 Å². The Kier molecular flexibility index (Phi) is 5.05. The molecule has 174 valence electrons. The van der Waals surface area contributed by atoms with E-state index in [0.717, 1.165) is 23.7 Å². The van der Waals surface area contributed by atoms with Crippen LogP contribution in [0.15, 0.2) is 97.1 Å². The summed E-state index contributed by atoms with van der Waals surface area (Å²) in [5.41, 5.74) is 11.0. The van der Waals surface area contributed by atoms with Crippen molar-refractivity contribution in [3.8, 4) is 11.1 Å². The average molecular weight is 456 g/mol. The summed E-state index contributed by atoms with van der Waals surface area (Å²) in [7, 11) is 0. The molecular weight excluding hydrogens is 422 g/mol. The lowest BCUT2D eigenvalue weighted by Crippen LogP contribution is -2.25. The number of nitrogens with zero attached hydrogens (tertiary/aromatic N) is 1. The van der Waals surface area contributed by atoms with Crippen LogP contribution >= 0.6 is 0 Å². The van der Waals surface area contributed by atoms with Crippen molar-refractivity contribution in [1.29, 1.82) is 0 Å². The highest BCUT2D eigenvalue weighted by Gasteiger charge is 2.41. The summed E-state index contributed by atoms with van der Waals surface area (Å²) in [5.74, 6) is 3.53. The van der Waals surface area contributed by atoms with E-state index < -0.39 is 0 Å². The van der Waals surface area contributed by atoms with Crippen LogP contribution in [-0.4, -0.2) is 0 Å². The lowest BCUT2D eigenvalue weighted by atomic mass is 9.67. The summed E-state index contributed by atoms with van der Waals surface area (Å²) in [6.45, 7) is 2.25. The summed E-state index contributed by atoms with van der Waals surface area (Å²) >= 11 is 0. The topological polar surface area (TPSA) is 3.24 Å². The molecule has 0 aromatic heterocycles. The highest BCUT2D eigenvalue weighted by atomic mass is 15.1. The van der Waals surface area contributed by atoms with Crippen LogP contribution in [-0.2, 0) is 0 Å². The molecule has 0 saturated heterocycles. The molecule has 8 rings (SSSR count). The fourth-order valence-electron chi connectivity index (χ4n) is 7.51. The predicted molar refractivity (Wildman–Crippen MR) is 147 cm³/mol. The maximum atomic E-state index is 2.56. The third-order valence-electron chi connectivity index (χ3n) is 8.90. The lowest BCUT2D eigenvalue weighted by molar-refractivity contribution is 0.166. The second-order valence-electron chi connectivity index (χ2n) is 11.2. The zero-order chi connectivity index (χ0) is 23.4. The van der Waals surface area contributed by atoms with Crippen LogP contribution in [0.25, 0.3) is 11.1 Å². The van der Waals surface area contributed by atoms with Crippen molar-refractivity contribution < 1.29 is 0 Å². The zero-order valence-electron chi connectivity index (χ0n) is 20.5.